The number of unbranched alkanes of at least 4 members (excludes halogenated alkanes) is 2. The quantitative estimate of drug-likeness (QED) is 0.514. The maximum atomic E-state index is 12.6. The summed E-state index contributed by atoms with van der Waals surface area (Å²) in [7, 11) is 0. The number of nitrogens with zero attached hydrogens (tertiary/aromatic N) is 1. The number of hydrogen-bond donors (Lipinski definition) is 3. The molecule has 10 heteroatoms. The second-order valence-corrected chi connectivity index (χ2v) is 8.36. The first-order valence-corrected chi connectivity index (χ1v) is 11.5. The molecule has 0 aromatic rings. The molecule has 2 rings (SSSR count). The molecular formula is C22H34N4O6. The Morgan fingerprint density at radius 2 is 1.62 bits per heavy atom. The minimum absolute atomic E-state index is 0.0508. The van der Waals surface area contributed by atoms with Crippen LogP contribution < -0.4 is 16.0 Å². The van der Waals surface area contributed by atoms with Crippen LogP contribution in [-0.4, -0.2) is 71.8 Å². The standard InChI is InChI=1S/C22H34N4O6/c1-2-3-4-6-16-18(28)9-11-19(29)23-14-21(31)26-12-5-7-17(26)22(32)24-13-15(27)8-10-20(30)25-16/h16-17H,2-14H2,1H3,(H,23,29)(H,24,32)(H,25,30). The molecule has 2 saturated heterocycles. The van der Waals surface area contributed by atoms with E-state index < -0.39 is 29.8 Å². The number of Topliss-reactive ketones (excluding diaryl/α,β-unsaturated/α-hetero) is 2. The van der Waals surface area contributed by atoms with Crippen LogP contribution in [-0.2, 0) is 28.8 Å². The van der Waals surface area contributed by atoms with Crippen LogP contribution in [0.25, 0.3) is 0 Å². The summed E-state index contributed by atoms with van der Waals surface area (Å²) in [4.78, 5) is 75.6. The molecule has 178 valence electrons. The van der Waals surface area contributed by atoms with Gasteiger partial charge in [-0.3, -0.25) is 28.8 Å². The van der Waals surface area contributed by atoms with Crippen molar-refractivity contribution in [3.63, 3.8) is 0 Å². The second kappa shape index (κ2) is 12.9. The van der Waals surface area contributed by atoms with Gasteiger partial charge in [0.1, 0.15) is 6.04 Å². The first kappa shape index (κ1) is 25.5. The van der Waals surface area contributed by atoms with Gasteiger partial charge in [0.25, 0.3) is 0 Å². The molecule has 32 heavy (non-hydrogen) atoms. The van der Waals surface area contributed by atoms with Crippen molar-refractivity contribution >= 4 is 35.2 Å². The number of ketones is 2. The highest BCUT2D eigenvalue weighted by Crippen LogP contribution is 2.17. The highest BCUT2D eigenvalue weighted by atomic mass is 16.2. The van der Waals surface area contributed by atoms with Gasteiger partial charge < -0.3 is 20.9 Å². The molecule has 2 aliphatic heterocycles. The van der Waals surface area contributed by atoms with Gasteiger partial charge in [0.05, 0.1) is 19.1 Å². The molecular weight excluding hydrogens is 416 g/mol. The van der Waals surface area contributed by atoms with Crippen LogP contribution in [0.1, 0.15) is 71.1 Å². The monoisotopic (exact) mass is 450 g/mol. The molecule has 2 aliphatic rings. The Labute approximate surface area is 188 Å². The van der Waals surface area contributed by atoms with Gasteiger partial charge in [-0.25, -0.2) is 0 Å². The van der Waals surface area contributed by atoms with Crippen molar-refractivity contribution in [2.45, 2.75) is 83.2 Å². The minimum atomic E-state index is -0.706. The number of carbonyl (C=O) groups is 6. The smallest absolute Gasteiger partial charge is 0.243 e. The summed E-state index contributed by atoms with van der Waals surface area (Å²) < 4.78 is 0. The lowest BCUT2D eigenvalue weighted by Crippen LogP contribution is -2.49. The number of nitrogens with one attached hydrogen (secondary N) is 3. The molecule has 0 saturated carbocycles. The van der Waals surface area contributed by atoms with Gasteiger partial charge in [0, 0.05) is 32.2 Å². The Balaban J connectivity index is 2.07. The number of amides is 4. The third-order valence-corrected chi connectivity index (χ3v) is 5.82. The molecule has 0 radical (unpaired) electrons. The van der Waals surface area contributed by atoms with Crippen molar-refractivity contribution in [3.8, 4) is 0 Å². The van der Waals surface area contributed by atoms with Crippen LogP contribution in [0.4, 0.5) is 0 Å². The molecule has 2 fully saturated rings. The van der Waals surface area contributed by atoms with Crippen molar-refractivity contribution in [3.05, 3.63) is 0 Å². The van der Waals surface area contributed by atoms with Crippen molar-refractivity contribution in [1.82, 2.24) is 20.9 Å². The normalized spacial score (nSPS) is 24.8. The van der Waals surface area contributed by atoms with E-state index in [9.17, 15) is 28.8 Å². The van der Waals surface area contributed by atoms with Crippen LogP contribution in [0.15, 0.2) is 0 Å². The van der Waals surface area contributed by atoms with E-state index in [4.69, 9.17) is 0 Å². The lowest BCUT2D eigenvalue weighted by Gasteiger charge is -2.24. The molecule has 4 amide bonds. The third kappa shape index (κ3) is 8.05. The second-order valence-electron chi connectivity index (χ2n) is 8.36. The Morgan fingerprint density at radius 3 is 2.38 bits per heavy atom. The molecule has 0 aliphatic carbocycles. The number of carbonyl (C=O) groups excluding carboxylic acids is 6. The van der Waals surface area contributed by atoms with Crippen molar-refractivity contribution in [1.29, 1.82) is 0 Å². The Bertz CT molecular complexity index is 738. The van der Waals surface area contributed by atoms with Gasteiger partial charge in [-0.15, -0.1) is 0 Å². The molecule has 0 aromatic heterocycles. The number of fused-ring (bicyclic) bond motifs is 1. The topological polar surface area (TPSA) is 142 Å². The van der Waals surface area contributed by atoms with Gasteiger partial charge in [-0.1, -0.05) is 26.2 Å². The van der Waals surface area contributed by atoms with Crippen LogP contribution in [0.5, 0.6) is 0 Å². The van der Waals surface area contributed by atoms with E-state index >= 15 is 0 Å². The average molecular weight is 451 g/mol. The third-order valence-electron chi connectivity index (χ3n) is 5.82. The summed E-state index contributed by atoms with van der Waals surface area (Å²) in [6, 6.07) is -1.39. The fourth-order valence-corrected chi connectivity index (χ4v) is 3.94. The van der Waals surface area contributed by atoms with E-state index in [0.29, 0.717) is 25.8 Å². The van der Waals surface area contributed by atoms with Gasteiger partial charge >= 0.3 is 0 Å². The maximum absolute atomic E-state index is 12.6. The van der Waals surface area contributed by atoms with E-state index in [-0.39, 0.29) is 56.2 Å². The number of hydrogen-bond acceptors (Lipinski definition) is 6. The fourth-order valence-electron chi connectivity index (χ4n) is 3.94. The summed E-state index contributed by atoms with van der Waals surface area (Å²) in [6.45, 7) is 1.95. The van der Waals surface area contributed by atoms with Gasteiger partial charge in [0.2, 0.25) is 23.6 Å². The van der Waals surface area contributed by atoms with Crippen molar-refractivity contribution in [2.75, 3.05) is 19.6 Å². The average Bonchev–Trinajstić information content (AvgIpc) is 3.27. The highest BCUT2D eigenvalue weighted by Gasteiger charge is 2.34. The summed E-state index contributed by atoms with van der Waals surface area (Å²) in [5.41, 5.74) is 0. The molecule has 2 unspecified atom stereocenters. The first-order chi connectivity index (χ1) is 15.3. The number of rotatable bonds is 4. The van der Waals surface area contributed by atoms with E-state index in [1.807, 2.05) is 6.92 Å². The van der Waals surface area contributed by atoms with E-state index in [1.165, 1.54) is 4.90 Å². The highest BCUT2D eigenvalue weighted by molar-refractivity contribution is 5.95. The molecule has 2 atom stereocenters. The molecule has 2 heterocycles. The van der Waals surface area contributed by atoms with Crippen LogP contribution in [0.2, 0.25) is 0 Å². The maximum Gasteiger partial charge on any atom is 0.243 e. The first-order valence-electron chi connectivity index (χ1n) is 11.5. The predicted octanol–water partition coefficient (Wildman–Crippen LogP) is -0.0129. The van der Waals surface area contributed by atoms with E-state index in [2.05, 4.69) is 16.0 Å². The van der Waals surface area contributed by atoms with E-state index in [0.717, 1.165) is 19.3 Å². The fraction of sp³-hybridized carbons (Fsp3) is 0.727. The lowest BCUT2D eigenvalue weighted by atomic mass is 10.0. The summed E-state index contributed by atoms with van der Waals surface area (Å²) >= 11 is 0. The molecule has 0 aromatic carbocycles. The van der Waals surface area contributed by atoms with Crippen LogP contribution in [0, 0.1) is 0 Å². The van der Waals surface area contributed by atoms with Gasteiger partial charge in [0.15, 0.2) is 11.6 Å². The zero-order valence-electron chi connectivity index (χ0n) is 18.7. The Hall–Kier alpha value is -2.78. The predicted molar refractivity (Wildman–Crippen MR) is 115 cm³/mol. The largest absolute Gasteiger partial charge is 0.347 e. The van der Waals surface area contributed by atoms with Crippen molar-refractivity contribution in [2.24, 2.45) is 0 Å². The van der Waals surface area contributed by atoms with Crippen LogP contribution in [0.3, 0.4) is 0 Å². The molecule has 10 nitrogen and oxygen atoms in total. The van der Waals surface area contributed by atoms with Gasteiger partial charge in [-0.2, -0.15) is 0 Å². The van der Waals surface area contributed by atoms with E-state index in [1.54, 1.807) is 0 Å². The minimum Gasteiger partial charge on any atom is -0.347 e. The van der Waals surface area contributed by atoms with Crippen molar-refractivity contribution < 1.29 is 28.8 Å². The summed E-state index contributed by atoms with van der Waals surface area (Å²) in [6.07, 6.45) is 3.96. The Kier molecular flexibility index (Phi) is 10.3. The van der Waals surface area contributed by atoms with Gasteiger partial charge in [-0.05, 0) is 19.3 Å². The molecule has 0 spiro atoms. The summed E-state index contributed by atoms with van der Waals surface area (Å²) in [5.74, 6) is -2.17. The SMILES string of the molecule is CCCCCC1NC(=O)CCC(=O)CNC(=O)C2CCCN2C(=O)CNC(=O)CCC1=O. The molecule has 3 N–H and O–H groups in total. The summed E-state index contributed by atoms with van der Waals surface area (Å²) in [5, 5.41) is 7.75. The van der Waals surface area contributed by atoms with Crippen LogP contribution >= 0.6 is 0 Å². The Morgan fingerprint density at radius 1 is 0.875 bits per heavy atom. The molecule has 0 bridgehead atoms. The zero-order chi connectivity index (χ0) is 23.5. The zero-order valence-corrected chi connectivity index (χ0v) is 18.7. The lowest BCUT2D eigenvalue weighted by molar-refractivity contribution is -0.139.